The number of benzene rings is 1. The minimum atomic E-state index is -3.44. The Morgan fingerprint density at radius 1 is 1.04 bits per heavy atom. The van der Waals surface area contributed by atoms with Crippen LogP contribution in [0.1, 0.15) is 16.8 Å². The second-order valence-electron chi connectivity index (χ2n) is 6.13. The third-order valence-corrected chi connectivity index (χ3v) is 6.70. The maximum absolute atomic E-state index is 13.0. The number of aromatic nitrogens is 1. The summed E-state index contributed by atoms with van der Waals surface area (Å²) in [6.45, 7) is 0.618. The lowest BCUT2D eigenvalue weighted by Gasteiger charge is -2.21. The van der Waals surface area contributed by atoms with Gasteiger partial charge in [-0.15, -0.1) is 0 Å². The Morgan fingerprint density at radius 2 is 1.85 bits per heavy atom. The molecule has 0 spiro atoms. The maximum Gasteiger partial charge on any atom is 0.215 e. The van der Waals surface area contributed by atoms with Crippen molar-refractivity contribution in [1.82, 2.24) is 9.29 Å². The molecule has 0 aliphatic rings. The van der Waals surface area contributed by atoms with Crippen LogP contribution in [-0.2, 0) is 29.5 Å². The van der Waals surface area contributed by atoms with Gasteiger partial charge in [-0.1, -0.05) is 18.2 Å². The number of hydrogen-bond donors (Lipinski definition) is 0. The first-order valence-electron chi connectivity index (χ1n) is 8.58. The molecule has 5 nitrogen and oxygen atoms in total. The lowest BCUT2D eigenvalue weighted by atomic mass is 10.2. The number of thiophene rings is 1. The molecule has 1 aromatic carbocycles. The Morgan fingerprint density at radius 3 is 2.48 bits per heavy atom. The van der Waals surface area contributed by atoms with Gasteiger partial charge in [0, 0.05) is 12.7 Å². The third kappa shape index (κ3) is 5.63. The van der Waals surface area contributed by atoms with E-state index in [1.165, 1.54) is 4.31 Å². The van der Waals surface area contributed by atoms with Gasteiger partial charge in [0.15, 0.2) is 0 Å². The standard InChI is InChI=1S/C20H22N2O3S2/c1-25-20-7-5-17(6-8-20)10-13-27(23,24)22(14-18-9-12-26-16-18)15-19-4-2-3-11-21-19/h2-9,11-12,16H,10,13-15H2,1H3. The van der Waals surface area contributed by atoms with Crippen molar-refractivity contribution in [1.29, 1.82) is 0 Å². The third-order valence-electron chi connectivity index (χ3n) is 4.20. The molecule has 3 rings (SSSR count). The van der Waals surface area contributed by atoms with Crippen LogP contribution in [0.25, 0.3) is 0 Å². The molecule has 3 aromatic rings. The van der Waals surface area contributed by atoms with E-state index in [1.807, 2.05) is 59.3 Å². The molecule has 0 amide bonds. The van der Waals surface area contributed by atoms with Gasteiger partial charge in [0.2, 0.25) is 10.0 Å². The molecule has 0 radical (unpaired) electrons. The van der Waals surface area contributed by atoms with E-state index in [2.05, 4.69) is 4.98 Å². The average Bonchev–Trinajstić information content (AvgIpc) is 3.20. The summed E-state index contributed by atoms with van der Waals surface area (Å²) in [5.41, 5.74) is 2.69. The molecular formula is C20H22N2O3S2. The van der Waals surface area contributed by atoms with E-state index in [0.29, 0.717) is 13.0 Å². The SMILES string of the molecule is COc1ccc(CCS(=O)(=O)N(Cc2ccsc2)Cc2ccccn2)cc1. The van der Waals surface area contributed by atoms with E-state index in [9.17, 15) is 8.42 Å². The first kappa shape index (κ1) is 19.5. The summed E-state index contributed by atoms with van der Waals surface area (Å²) in [6, 6.07) is 15.0. The van der Waals surface area contributed by atoms with Crippen molar-refractivity contribution in [3.05, 3.63) is 82.3 Å². The summed E-state index contributed by atoms with van der Waals surface area (Å²) in [4.78, 5) is 4.28. The van der Waals surface area contributed by atoms with E-state index in [1.54, 1.807) is 24.6 Å². The Bertz CT molecular complexity index is 925. The van der Waals surface area contributed by atoms with Gasteiger partial charge >= 0.3 is 0 Å². The highest BCUT2D eigenvalue weighted by atomic mass is 32.2. The summed E-state index contributed by atoms with van der Waals surface area (Å²) in [5.74, 6) is 0.812. The van der Waals surface area contributed by atoms with Gasteiger partial charge in [-0.2, -0.15) is 15.6 Å². The first-order chi connectivity index (χ1) is 13.1. The van der Waals surface area contributed by atoms with Gasteiger partial charge in [-0.3, -0.25) is 4.98 Å². The molecule has 0 unspecified atom stereocenters. The van der Waals surface area contributed by atoms with Gasteiger partial charge in [-0.05, 0) is 58.6 Å². The predicted molar refractivity (Wildman–Crippen MR) is 108 cm³/mol. The highest BCUT2D eigenvalue weighted by Gasteiger charge is 2.23. The quantitative estimate of drug-likeness (QED) is 0.547. The molecule has 0 bridgehead atoms. The lowest BCUT2D eigenvalue weighted by Crippen LogP contribution is -2.33. The van der Waals surface area contributed by atoms with E-state index in [-0.39, 0.29) is 12.3 Å². The molecule has 27 heavy (non-hydrogen) atoms. The minimum absolute atomic E-state index is 0.0519. The molecule has 0 N–H and O–H groups in total. The van der Waals surface area contributed by atoms with Crippen LogP contribution in [-0.4, -0.2) is 30.6 Å². The van der Waals surface area contributed by atoms with Crippen molar-refractivity contribution in [2.24, 2.45) is 0 Å². The minimum Gasteiger partial charge on any atom is -0.497 e. The van der Waals surface area contributed by atoms with Crippen molar-refractivity contribution in [3.8, 4) is 5.75 Å². The van der Waals surface area contributed by atoms with Crippen LogP contribution < -0.4 is 4.74 Å². The average molecular weight is 403 g/mol. The number of ether oxygens (including phenoxy) is 1. The fourth-order valence-electron chi connectivity index (χ4n) is 2.68. The summed E-state index contributed by atoms with van der Waals surface area (Å²) in [6.07, 6.45) is 2.14. The van der Waals surface area contributed by atoms with Crippen LogP contribution in [0.4, 0.5) is 0 Å². The van der Waals surface area contributed by atoms with Crippen LogP contribution in [0.2, 0.25) is 0 Å². The van der Waals surface area contributed by atoms with E-state index in [4.69, 9.17) is 4.74 Å². The second kappa shape index (κ2) is 9.12. The normalized spacial score (nSPS) is 11.6. The van der Waals surface area contributed by atoms with Crippen LogP contribution in [0.5, 0.6) is 5.75 Å². The molecule has 0 saturated carbocycles. The Hall–Kier alpha value is -2.22. The van der Waals surface area contributed by atoms with Crippen molar-refractivity contribution in [2.45, 2.75) is 19.5 Å². The van der Waals surface area contributed by atoms with Gasteiger partial charge < -0.3 is 4.74 Å². The van der Waals surface area contributed by atoms with E-state index >= 15 is 0 Å². The van der Waals surface area contributed by atoms with Gasteiger partial charge in [0.25, 0.3) is 0 Å². The smallest absolute Gasteiger partial charge is 0.215 e. The number of methoxy groups -OCH3 is 1. The number of hydrogen-bond acceptors (Lipinski definition) is 5. The van der Waals surface area contributed by atoms with Crippen molar-refractivity contribution >= 4 is 21.4 Å². The molecule has 0 saturated heterocycles. The number of pyridine rings is 1. The predicted octanol–water partition coefficient (Wildman–Crippen LogP) is 3.73. The largest absolute Gasteiger partial charge is 0.497 e. The summed E-state index contributed by atoms with van der Waals surface area (Å²) in [7, 11) is -1.83. The van der Waals surface area contributed by atoms with Crippen molar-refractivity contribution < 1.29 is 13.2 Å². The molecule has 7 heteroatoms. The second-order valence-corrected chi connectivity index (χ2v) is 9.00. The zero-order valence-electron chi connectivity index (χ0n) is 15.1. The van der Waals surface area contributed by atoms with Crippen LogP contribution in [0.15, 0.2) is 65.5 Å². The van der Waals surface area contributed by atoms with Crippen LogP contribution in [0.3, 0.4) is 0 Å². The Kier molecular flexibility index (Phi) is 6.60. The van der Waals surface area contributed by atoms with Gasteiger partial charge in [0.05, 0.1) is 25.1 Å². The van der Waals surface area contributed by atoms with Gasteiger partial charge in [-0.25, -0.2) is 8.42 Å². The fraction of sp³-hybridized carbons (Fsp3) is 0.250. The van der Waals surface area contributed by atoms with Crippen molar-refractivity contribution in [2.75, 3.05) is 12.9 Å². The Labute approximate surface area is 164 Å². The molecule has 0 aliphatic carbocycles. The highest BCUT2D eigenvalue weighted by Crippen LogP contribution is 2.18. The zero-order valence-corrected chi connectivity index (χ0v) is 16.7. The van der Waals surface area contributed by atoms with E-state index < -0.39 is 10.0 Å². The number of nitrogens with zero attached hydrogens (tertiary/aromatic N) is 2. The topological polar surface area (TPSA) is 59.5 Å². The molecule has 0 fully saturated rings. The molecule has 142 valence electrons. The Balaban J connectivity index is 1.73. The summed E-state index contributed by atoms with van der Waals surface area (Å²) < 4.78 is 32.7. The zero-order chi connectivity index (χ0) is 19.1. The van der Waals surface area contributed by atoms with Crippen molar-refractivity contribution in [3.63, 3.8) is 0 Å². The molecular weight excluding hydrogens is 380 g/mol. The van der Waals surface area contributed by atoms with Gasteiger partial charge in [0.1, 0.15) is 5.75 Å². The summed E-state index contributed by atoms with van der Waals surface area (Å²) in [5, 5.41) is 3.93. The van der Waals surface area contributed by atoms with Crippen LogP contribution in [0, 0.1) is 0 Å². The maximum atomic E-state index is 13.0. The first-order valence-corrected chi connectivity index (χ1v) is 11.1. The molecule has 0 aliphatic heterocycles. The molecule has 2 heterocycles. The lowest BCUT2D eigenvalue weighted by molar-refractivity contribution is 0.397. The molecule has 2 aromatic heterocycles. The highest BCUT2D eigenvalue weighted by molar-refractivity contribution is 7.89. The number of aryl methyl sites for hydroxylation is 1. The summed E-state index contributed by atoms with van der Waals surface area (Å²) >= 11 is 1.56. The van der Waals surface area contributed by atoms with E-state index in [0.717, 1.165) is 22.6 Å². The molecule has 0 atom stereocenters. The van der Waals surface area contributed by atoms with Crippen LogP contribution >= 0.6 is 11.3 Å². The number of rotatable bonds is 9. The number of sulfonamides is 1. The fourth-order valence-corrected chi connectivity index (χ4v) is 4.77. The monoisotopic (exact) mass is 402 g/mol.